The van der Waals surface area contributed by atoms with E-state index in [1.807, 2.05) is 194 Å². The van der Waals surface area contributed by atoms with Crippen molar-refractivity contribution >= 4 is 68.5 Å². The summed E-state index contributed by atoms with van der Waals surface area (Å²) in [6.45, 7) is 21.1. The van der Waals surface area contributed by atoms with Gasteiger partial charge in [-0.15, -0.1) is 0 Å². The van der Waals surface area contributed by atoms with Crippen molar-refractivity contribution in [3.05, 3.63) is 502 Å². The summed E-state index contributed by atoms with van der Waals surface area (Å²) in [5, 5.41) is 4.31. The molecule has 0 radical (unpaired) electrons. The Labute approximate surface area is 871 Å². The Morgan fingerprint density at radius 2 is 0.360 bits per heavy atom. The Balaban J connectivity index is 0.000000200. The molecule has 0 aliphatic heterocycles. The summed E-state index contributed by atoms with van der Waals surface area (Å²) < 4.78 is 69.5. The zero-order valence-corrected chi connectivity index (χ0v) is 84.8. The van der Waals surface area contributed by atoms with Gasteiger partial charge in [0.25, 0.3) is 0 Å². The zero-order valence-electron chi connectivity index (χ0n) is 84.8. The van der Waals surface area contributed by atoms with E-state index in [0.717, 1.165) is 134 Å². The number of carbonyl (C=O) groups excluding carboxylic acids is 4. The highest BCUT2D eigenvalue weighted by Crippen LogP contribution is 2.50. The van der Waals surface area contributed by atoms with Crippen LogP contribution < -0.4 is 18.9 Å². The van der Waals surface area contributed by atoms with Crippen molar-refractivity contribution in [1.82, 2.24) is 0 Å². The molecule has 150 heavy (non-hydrogen) atoms. The summed E-state index contributed by atoms with van der Waals surface area (Å²) in [6, 6.07) is 136. The average Bonchev–Trinajstić information content (AvgIpc) is 1.11. The van der Waals surface area contributed by atoms with Crippen LogP contribution in [0.2, 0.25) is 0 Å². The molecular formula is C134H104O16. The molecule has 0 spiro atoms. The predicted molar refractivity (Wildman–Crippen MR) is 587 cm³/mol. The van der Waals surface area contributed by atoms with Gasteiger partial charge in [-0.25, -0.2) is 19.2 Å². The minimum atomic E-state index is -1.06. The minimum Gasteiger partial charge on any atom is -0.456 e. The Bertz CT molecular complexity index is 7500. The quantitative estimate of drug-likeness (QED) is 0.0291. The van der Waals surface area contributed by atoms with Crippen LogP contribution in [0.5, 0.6) is 23.0 Å². The maximum atomic E-state index is 12.7. The Morgan fingerprint density at radius 1 is 0.193 bits per heavy atom. The fourth-order valence-electron chi connectivity index (χ4n) is 17.9. The number of hydrogen-bond acceptors (Lipinski definition) is 16. The van der Waals surface area contributed by atoms with E-state index in [9.17, 15) is 19.2 Å². The van der Waals surface area contributed by atoms with Crippen molar-refractivity contribution in [2.75, 3.05) is 0 Å². The third-order valence-corrected chi connectivity index (χ3v) is 24.6. The van der Waals surface area contributed by atoms with Crippen LogP contribution in [0, 0.1) is 47.4 Å². The van der Waals surface area contributed by atoms with Crippen molar-refractivity contribution in [3.8, 4) is 116 Å². The maximum absolute atomic E-state index is 12.7. The summed E-state index contributed by atoms with van der Waals surface area (Å²) in [7, 11) is 0. The summed E-state index contributed by atoms with van der Waals surface area (Å²) in [5.74, 6) is 30.2. The van der Waals surface area contributed by atoms with Gasteiger partial charge in [0.15, 0.2) is 0 Å². The van der Waals surface area contributed by atoms with Crippen molar-refractivity contribution in [1.29, 1.82) is 0 Å². The topological polar surface area (TPSA) is 195 Å². The molecule has 0 aliphatic carbocycles. The van der Waals surface area contributed by atoms with E-state index in [1.54, 1.807) is 156 Å². The Morgan fingerprint density at radius 3 is 0.540 bits per heavy atom. The fourth-order valence-corrected chi connectivity index (χ4v) is 17.9. The van der Waals surface area contributed by atoms with Crippen molar-refractivity contribution in [3.63, 3.8) is 0 Å². The lowest BCUT2D eigenvalue weighted by Crippen LogP contribution is -2.31. The van der Waals surface area contributed by atoms with Crippen LogP contribution in [0.1, 0.15) is 172 Å². The lowest BCUT2D eigenvalue weighted by atomic mass is 9.64. The smallest absolute Gasteiger partial charge is 0.456 e. The van der Waals surface area contributed by atoms with Crippen LogP contribution in [0.15, 0.2) is 430 Å². The van der Waals surface area contributed by atoms with Gasteiger partial charge in [-0.1, -0.05) is 314 Å². The molecule has 4 aromatic heterocycles. The molecule has 0 aliphatic rings. The number of carbonyl (C=O) groups is 4. The van der Waals surface area contributed by atoms with Crippen LogP contribution in [0.4, 0.5) is 19.2 Å². The molecule has 0 saturated heterocycles. The number of benzene rings is 16. The van der Waals surface area contributed by atoms with E-state index in [-0.39, 0.29) is 23.0 Å². The lowest BCUT2D eigenvalue weighted by molar-refractivity contribution is 0.0192. The third-order valence-electron chi connectivity index (χ3n) is 24.6. The second kappa shape index (κ2) is 42.7. The molecular weight excluding hydrogens is 1870 g/mol. The molecule has 736 valence electrons. The maximum Gasteiger partial charge on any atom is 0.514 e. The summed E-state index contributed by atoms with van der Waals surface area (Å²) >= 11 is 0. The molecule has 20 aromatic rings. The van der Waals surface area contributed by atoms with Gasteiger partial charge < -0.3 is 55.6 Å². The molecule has 0 atom stereocenters. The minimum absolute atomic E-state index is 0.259. The molecule has 16 heteroatoms. The molecule has 20 rings (SSSR count). The van der Waals surface area contributed by atoms with Crippen molar-refractivity contribution in [2.45, 2.75) is 116 Å². The highest BCUT2D eigenvalue weighted by atomic mass is 16.8. The van der Waals surface area contributed by atoms with Crippen LogP contribution in [-0.2, 0) is 29.8 Å². The lowest BCUT2D eigenvalue weighted by Gasteiger charge is -2.37. The van der Waals surface area contributed by atoms with Gasteiger partial charge >= 0.3 is 24.6 Å². The molecule has 0 unspecified atom stereocenters. The van der Waals surface area contributed by atoms with Crippen molar-refractivity contribution < 1.29 is 74.7 Å². The highest BCUT2D eigenvalue weighted by Gasteiger charge is 2.41. The van der Waals surface area contributed by atoms with Gasteiger partial charge in [-0.2, -0.15) is 0 Å². The second-order valence-corrected chi connectivity index (χ2v) is 40.0. The van der Waals surface area contributed by atoms with Crippen LogP contribution in [0.25, 0.3) is 89.2 Å². The molecule has 16 nitrogen and oxygen atoms in total. The van der Waals surface area contributed by atoms with E-state index in [4.69, 9.17) is 55.6 Å². The van der Waals surface area contributed by atoms with E-state index in [0.29, 0.717) is 44.5 Å². The molecule has 0 amide bonds. The number of hydrogen-bond donors (Lipinski definition) is 0. The normalized spacial score (nSPS) is 11.5. The van der Waals surface area contributed by atoms with Crippen LogP contribution >= 0.6 is 0 Å². The zero-order chi connectivity index (χ0) is 104. The van der Waals surface area contributed by atoms with E-state index in [1.165, 1.54) is 0 Å². The first-order valence-electron chi connectivity index (χ1n) is 49.2. The number of rotatable bonds is 16. The highest BCUT2D eigenvalue weighted by molar-refractivity contribution is 5.87. The van der Waals surface area contributed by atoms with E-state index >= 15 is 0 Å². The summed E-state index contributed by atoms with van der Waals surface area (Å²) in [4.78, 5) is 50.9. The summed E-state index contributed by atoms with van der Waals surface area (Å²) in [6.07, 6.45) is -3.36. The van der Waals surface area contributed by atoms with Gasteiger partial charge in [0.05, 0.1) is 33.1 Å². The number of fused-ring (bicyclic) bond motifs is 4. The predicted octanol–water partition coefficient (Wildman–Crippen LogP) is 32.6. The molecule has 0 saturated carbocycles. The van der Waals surface area contributed by atoms with E-state index < -0.39 is 57.9 Å². The third kappa shape index (κ3) is 23.3. The van der Waals surface area contributed by atoms with Crippen LogP contribution in [0.3, 0.4) is 0 Å². The Kier molecular flexibility index (Phi) is 28.4. The molecule has 0 fully saturated rings. The second-order valence-electron chi connectivity index (χ2n) is 40.0. The average molecular weight is 1970 g/mol. The monoisotopic (exact) mass is 1970 g/mol. The van der Waals surface area contributed by atoms with Crippen LogP contribution in [-0.4, -0.2) is 47.0 Å². The number of ether oxygens (including phenoxy) is 8. The van der Waals surface area contributed by atoms with Gasteiger partial charge in [0, 0.05) is 66.1 Å². The number of para-hydroxylation sites is 8. The molecule has 16 aromatic carbocycles. The summed E-state index contributed by atoms with van der Waals surface area (Å²) in [5.41, 5.74) is 15.2. The molecule has 0 bridgehead atoms. The first-order valence-corrected chi connectivity index (χ1v) is 49.2. The van der Waals surface area contributed by atoms with Gasteiger partial charge in [-0.05, 0) is 273 Å². The molecule has 4 heterocycles. The Hall–Kier alpha value is -19.0. The fraction of sp³-hybridized carbons (Fsp3) is 0.134. The van der Waals surface area contributed by atoms with E-state index in [2.05, 4.69) is 193 Å². The SMILES string of the molecule is CC(C)(C)OC(=O)Oc1ccccc1C#Cc1ccc(C(c2ccc(C#Cc3ccccc3OC(=O)OC(C)(C)C)cc2)(c2ccc(C#Cc3ccccc3OC(=O)OC(C)(C)C)cc2)c2ccc(C#Cc3ccccc3OC(=O)OC(C)(C)C)cc2)cc1.c1ccc2oc(-c3ccc(C(c4ccc(-c5cc6ccccc6o5)cc4)(c4ccc(-c5cc6ccccc6o5)cc4)c4ccc(-c5cc6ccccc6o5)cc4)cc3)cc2c1. The first kappa shape index (κ1) is 99.7. The largest absolute Gasteiger partial charge is 0.514 e. The van der Waals surface area contributed by atoms with Gasteiger partial charge in [0.1, 0.15) is 90.8 Å². The van der Waals surface area contributed by atoms with Gasteiger partial charge in [0.2, 0.25) is 0 Å². The first-order chi connectivity index (χ1) is 72.3. The standard InChI is InChI=1S/C77H68O12.C57H36O4/c1-73(2,3)86-69(78)82-65-25-17-13-21-57(65)41-29-53-33-45-61(46-34-53)77(62-47-35-54(36-48-62)30-42-58-22-14-18-26-66(58)83-70(79)87-74(4,5)6,63-49-37-55(38-50-63)31-43-59-23-15-19-27-67(59)84-71(80)88-75(7,8)9)64-51-39-56(40-52-64)32-44-60-24-16-20-28-68(60)85-72(81)89-76(10,11)12;1-5-13-49-41(9-1)33-53(58-49)37-17-25-45(26-18-37)57(46-27-19-38(20-28-46)54-34-42-10-2-6-14-50(42)59-54,47-29-21-39(22-30-47)55-35-43-11-3-7-15-51(43)60-55)48-31-23-40(24-32-48)56-36-44-12-4-8-16-52(44)61-56/h13-28,33-40,45-52H,1-12H3;1-36H. The molecule has 0 N–H and O–H groups in total. The van der Waals surface area contributed by atoms with Crippen molar-refractivity contribution in [2.24, 2.45) is 0 Å². The van der Waals surface area contributed by atoms with Gasteiger partial charge in [-0.3, -0.25) is 0 Å². The number of furan rings is 4.